The molecule has 28 heavy (non-hydrogen) atoms. The number of nitrogens with one attached hydrogen (secondary N) is 2. The monoisotopic (exact) mass is 379 g/mol. The van der Waals surface area contributed by atoms with Crippen molar-refractivity contribution in [2.45, 2.75) is 13.0 Å². The number of aliphatic imine (C=N–C) groups is 1. The highest BCUT2D eigenvalue weighted by Gasteiger charge is 2.38. The fraction of sp³-hybridized carbons (Fsp3) is 0.200. The molecule has 0 spiro atoms. The summed E-state index contributed by atoms with van der Waals surface area (Å²) >= 11 is 0. The molecule has 7 nitrogen and oxygen atoms in total. The molecule has 142 valence electrons. The van der Waals surface area contributed by atoms with E-state index in [1.165, 1.54) is 17.0 Å². The Hall–Kier alpha value is -3.55. The summed E-state index contributed by atoms with van der Waals surface area (Å²) in [4.78, 5) is 30.7. The van der Waals surface area contributed by atoms with Gasteiger partial charge in [0, 0.05) is 23.8 Å². The number of nitrogens with zero attached hydrogens (tertiary/aromatic N) is 3. The topological polar surface area (TPSA) is 90.5 Å². The molecule has 1 aromatic heterocycles. The Labute approximate surface area is 160 Å². The number of rotatable bonds is 3. The van der Waals surface area contributed by atoms with Gasteiger partial charge in [-0.2, -0.15) is 5.10 Å². The normalized spacial score (nSPS) is 19.2. The van der Waals surface area contributed by atoms with Crippen molar-refractivity contribution in [3.05, 3.63) is 60.0 Å². The van der Waals surface area contributed by atoms with E-state index in [2.05, 4.69) is 20.5 Å². The number of aromatic nitrogens is 2. The molecule has 2 aromatic carbocycles. The number of carbonyl (C=O) groups excluding carboxylic acids is 2. The van der Waals surface area contributed by atoms with Gasteiger partial charge in [0.15, 0.2) is 0 Å². The zero-order valence-electron chi connectivity index (χ0n) is 15.3. The average molecular weight is 379 g/mol. The summed E-state index contributed by atoms with van der Waals surface area (Å²) in [6.45, 7) is 1.66. The van der Waals surface area contributed by atoms with E-state index in [-0.39, 0.29) is 11.7 Å². The van der Waals surface area contributed by atoms with E-state index in [1.54, 1.807) is 32.3 Å². The summed E-state index contributed by atoms with van der Waals surface area (Å²) in [5.41, 5.74) is 2.62. The quantitative estimate of drug-likeness (QED) is 0.732. The zero-order chi connectivity index (χ0) is 19.8. The van der Waals surface area contributed by atoms with Crippen LogP contribution >= 0.6 is 0 Å². The van der Waals surface area contributed by atoms with Crippen molar-refractivity contribution in [3.8, 4) is 0 Å². The standard InChI is InChI=1S/C20H18FN5O2/c1-11-17(18(24-20(28)23-11)12-3-5-14(21)6-4-12)19(27)26(2)15-7-8-16-13(9-15)10-22-25-16/h3-10,17-18H,1-2H3,(H,22,25)(H,24,28). The van der Waals surface area contributed by atoms with Crippen LogP contribution in [0.1, 0.15) is 18.5 Å². The van der Waals surface area contributed by atoms with Gasteiger partial charge in [0.1, 0.15) is 11.7 Å². The van der Waals surface area contributed by atoms with Gasteiger partial charge < -0.3 is 10.2 Å². The Balaban J connectivity index is 1.70. The maximum atomic E-state index is 13.3. The van der Waals surface area contributed by atoms with Gasteiger partial charge in [-0.15, -0.1) is 0 Å². The summed E-state index contributed by atoms with van der Waals surface area (Å²) < 4.78 is 13.3. The van der Waals surface area contributed by atoms with E-state index in [4.69, 9.17) is 0 Å². The maximum Gasteiger partial charge on any atom is 0.341 e. The minimum Gasteiger partial charge on any atom is -0.328 e. The number of amides is 3. The van der Waals surface area contributed by atoms with Crippen LogP contribution in [0.5, 0.6) is 0 Å². The highest BCUT2D eigenvalue weighted by Crippen LogP contribution is 2.30. The highest BCUT2D eigenvalue weighted by molar-refractivity contribution is 6.14. The van der Waals surface area contributed by atoms with Crippen molar-refractivity contribution < 1.29 is 14.0 Å². The molecule has 4 rings (SSSR count). The van der Waals surface area contributed by atoms with Crippen LogP contribution in [-0.4, -0.2) is 34.9 Å². The number of hydrogen-bond acceptors (Lipinski definition) is 3. The van der Waals surface area contributed by atoms with Crippen molar-refractivity contribution >= 4 is 34.2 Å². The van der Waals surface area contributed by atoms with E-state index < -0.39 is 18.0 Å². The molecule has 2 N–H and O–H groups in total. The Kier molecular flexibility index (Phi) is 4.38. The Morgan fingerprint density at radius 3 is 2.68 bits per heavy atom. The third kappa shape index (κ3) is 3.13. The molecule has 1 aliphatic rings. The molecule has 0 fully saturated rings. The molecule has 3 amide bonds. The van der Waals surface area contributed by atoms with Crippen molar-refractivity contribution in [3.63, 3.8) is 0 Å². The first-order chi connectivity index (χ1) is 13.4. The number of anilines is 1. The lowest BCUT2D eigenvalue weighted by Crippen LogP contribution is -2.48. The number of fused-ring (bicyclic) bond motifs is 1. The number of benzene rings is 2. The number of halogens is 1. The molecule has 0 aliphatic carbocycles. The van der Waals surface area contributed by atoms with Crippen LogP contribution in [-0.2, 0) is 4.79 Å². The van der Waals surface area contributed by atoms with Gasteiger partial charge in [0.2, 0.25) is 5.91 Å². The van der Waals surface area contributed by atoms with E-state index in [1.807, 2.05) is 18.2 Å². The summed E-state index contributed by atoms with van der Waals surface area (Å²) in [5, 5.41) is 10.5. The number of hydrogen-bond donors (Lipinski definition) is 2. The third-order valence-corrected chi connectivity index (χ3v) is 4.98. The summed E-state index contributed by atoms with van der Waals surface area (Å²) in [7, 11) is 1.68. The van der Waals surface area contributed by atoms with Gasteiger partial charge in [-0.05, 0) is 42.8 Å². The summed E-state index contributed by atoms with van der Waals surface area (Å²) in [6, 6.07) is 10.1. The van der Waals surface area contributed by atoms with Gasteiger partial charge >= 0.3 is 6.03 Å². The lowest BCUT2D eigenvalue weighted by Gasteiger charge is -2.33. The van der Waals surface area contributed by atoms with E-state index in [9.17, 15) is 14.0 Å². The van der Waals surface area contributed by atoms with Crippen LogP contribution in [0.4, 0.5) is 14.9 Å². The third-order valence-electron chi connectivity index (χ3n) is 4.98. The Morgan fingerprint density at radius 1 is 1.18 bits per heavy atom. The summed E-state index contributed by atoms with van der Waals surface area (Å²) in [6.07, 6.45) is 1.69. The first-order valence-corrected chi connectivity index (χ1v) is 8.76. The molecule has 2 atom stereocenters. The molecule has 1 aliphatic heterocycles. The number of urea groups is 1. The van der Waals surface area contributed by atoms with E-state index in [0.29, 0.717) is 17.0 Å². The Morgan fingerprint density at radius 2 is 1.93 bits per heavy atom. The molecule has 2 unspecified atom stereocenters. The maximum absolute atomic E-state index is 13.3. The van der Waals surface area contributed by atoms with Gasteiger partial charge in [-0.25, -0.2) is 14.2 Å². The van der Waals surface area contributed by atoms with Gasteiger partial charge in [0.05, 0.1) is 17.8 Å². The van der Waals surface area contributed by atoms with E-state index in [0.717, 1.165) is 10.9 Å². The minimum absolute atomic E-state index is 0.224. The molecule has 0 radical (unpaired) electrons. The van der Waals surface area contributed by atoms with Crippen molar-refractivity contribution in [1.82, 2.24) is 15.5 Å². The SMILES string of the molecule is CC1=NC(=O)NC(c2ccc(F)cc2)C1C(=O)N(C)c1ccc2[nH]ncc2c1. The lowest BCUT2D eigenvalue weighted by atomic mass is 9.87. The first kappa shape index (κ1) is 17.8. The largest absolute Gasteiger partial charge is 0.341 e. The van der Waals surface area contributed by atoms with Crippen LogP contribution in [0.15, 0.2) is 53.7 Å². The van der Waals surface area contributed by atoms with Crippen molar-refractivity contribution in [2.24, 2.45) is 10.9 Å². The molecule has 0 saturated heterocycles. The van der Waals surface area contributed by atoms with Gasteiger partial charge in [-0.1, -0.05) is 12.1 Å². The zero-order valence-corrected chi connectivity index (χ0v) is 15.3. The number of aromatic amines is 1. The van der Waals surface area contributed by atoms with Crippen LogP contribution in [0, 0.1) is 11.7 Å². The molecule has 3 aromatic rings. The predicted octanol–water partition coefficient (Wildman–Crippen LogP) is 3.21. The average Bonchev–Trinajstić information content (AvgIpc) is 3.14. The molecular weight excluding hydrogens is 361 g/mol. The first-order valence-electron chi connectivity index (χ1n) is 8.76. The highest BCUT2D eigenvalue weighted by atomic mass is 19.1. The second-order valence-electron chi connectivity index (χ2n) is 6.75. The summed E-state index contributed by atoms with van der Waals surface area (Å²) in [5.74, 6) is -1.31. The molecule has 2 heterocycles. The minimum atomic E-state index is -0.701. The Bertz CT molecular complexity index is 1090. The van der Waals surface area contributed by atoms with Gasteiger partial charge in [0.25, 0.3) is 0 Å². The van der Waals surface area contributed by atoms with Crippen molar-refractivity contribution in [2.75, 3.05) is 11.9 Å². The van der Waals surface area contributed by atoms with Crippen LogP contribution in [0.25, 0.3) is 10.9 Å². The van der Waals surface area contributed by atoms with Crippen molar-refractivity contribution in [1.29, 1.82) is 0 Å². The van der Waals surface area contributed by atoms with Crippen LogP contribution in [0.3, 0.4) is 0 Å². The number of carbonyl (C=O) groups is 2. The van der Waals surface area contributed by atoms with E-state index >= 15 is 0 Å². The van der Waals surface area contributed by atoms with Crippen LogP contribution in [0.2, 0.25) is 0 Å². The van der Waals surface area contributed by atoms with Gasteiger partial charge in [-0.3, -0.25) is 9.89 Å². The smallest absolute Gasteiger partial charge is 0.328 e. The molecule has 0 bridgehead atoms. The second kappa shape index (κ2) is 6.88. The fourth-order valence-corrected chi connectivity index (χ4v) is 3.46. The number of H-pyrrole nitrogens is 1. The fourth-order valence-electron chi connectivity index (χ4n) is 3.46. The predicted molar refractivity (Wildman–Crippen MR) is 104 cm³/mol. The molecule has 0 saturated carbocycles. The second-order valence-corrected chi connectivity index (χ2v) is 6.75. The lowest BCUT2D eigenvalue weighted by molar-refractivity contribution is -0.120. The van der Waals surface area contributed by atoms with Crippen LogP contribution < -0.4 is 10.2 Å². The molecular formula is C20H18FN5O2. The molecule has 8 heteroatoms.